The molecule has 0 spiro atoms. The summed E-state index contributed by atoms with van der Waals surface area (Å²) in [6.07, 6.45) is 0. The molecule has 0 fully saturated rings. The number of hydrogen-bond acceptors (Lipinski definition) is 2. The van der Waals surface area contributed by atoms with Gasteiger partial charge in [-0.25, -0.2) is 0 Å². The summed E-state index contributed by atoms with van der Waals surface area (Å²) in [6.45, 7) is 2.41. The highest BCUT2D eigenvalue weighted by atomic mass is 16.2. The predicted octanol–water partition coefficient (Wildman–Crippen LogP) is 5.41. The molecule has 0 aromatic heterocycles. The monoisotopic (exact) mass is 420 g/mol. The molecule has 2 amide bonds. The zero-order valence-electron chi connectivity index (χ0n) is 17.9. The number of carbonyl (C=O) groups excluding carboxylic acids is 2. The van der Waals surface area contributed by atoms with E-state index in [1.165, 1.54) is 0 Å². The highest BCUT2D eigenvalue weighted by molar-refractivity contribution is 6.05. The van der Waals surface area contributed by atoms with E-state index < -0.39 is 6.04 Å². The molecule has 2 atom stereocenters. The molecule has 1 N–H and O–H groups in total. The maximum absolute atomic E-state index is 13.4. The van der Waals surface area contributed by atoms with Crippen molar-refractivity contribution in [1.29, 1.82) is 0 Å². The first-order valence-corrected chi connectivity index (χ1v) is 10.9. The quantitative estimate of drug-likeness (QED) is 0.469. The zero-order valence-corrected chi connectivity index (χ0v) is 17.9. The highest BCUT2D eigenvalue weighted by Crippen LogP contribution is 2.40. The van der Waals surface area contributed by atoms with E-state index in [9.17, 15) is 9.59 Å². The third-order valence-corrected chi connectivity index (χ3v) is 6.23. The number of hydrogen-bond donors (Lipinski definition) is 1. The minimum Gasteiger partial charge on any atom is -0.350 e. The van der Waals surface area contributed by atoms with Gasteiger partial charge in [-0.2, -0.15) is 0 Å². The summed E-state index contributed by atoms with van der Waals surface area (Å²) in [7, 11) is 0. The minimum atomic E-state index is -0.663. The fourth-order valence-corrected chi connectivity index (χ4v) is 4.51. The van der Waals surface area contributed by atoms with Crippen molar-refractivity contribution in [2.45, 2.75) is 25.6 Å². The van der Waals surface area contributed by atoms with E-state index in [-0.39, 0.29) is 17.9 Å². The molecule has 0 saturated heterocycles. The molecule has 0 aliphatic carbocycles. The predicted molar refractivity (Wildman–Crippen MR) is 126 cm³/mol. The van der Waals surface area contributed by atoms with Crippen molar-refractivity contribution in [1.82, 2.24) is 10.2 Å². The molecule has 0 bridgehead atoms. The zero-order chi connectivity index (χ0) is 22.1. The minimum absolute atomic E-state index is 0.110. The van der Waals surface area contributed by atoms with Gasteiger partial charge < -0.3 is 10.2 Å². The number of amides is 2. The van der Waals surface area contributed by atoms with Crippen molar-refractivity contribution >= 4 is 22.6 Å². The Labute approximate surface area is 187 Å². The fraction of sp³-hybridized carbons (Fsp3) is 0.143. The largest absolute Gasteiger partial charge is 0.350 e. The molecule has 0 saturated carbocycles. The summed E-state index contributed by atoms with van der Waals surface area (Å²) < 4.78 is 0. The van der Waals surface area contributed by atoms with Crippen LogP contribution in [0.1, 0.15) is 46.1 Å². The first-order valence-electron chi connectivity index (χ1n) is 10.9. The number of nitrogens with zero attached hydrogens (tertiary/aromatic N) is 1. The summed E-state index contributed by atoms with van der Waals surface area (Å²) in [6, 6.07) is 30.7. The Morgan fingerprint density at radius 2 is 1.56 bits per heavy atom. The molecule has 2 unspecified atom stereocenters. The first kappa shape index (κ1) is 20.0. The molecular formula is C28H24N2O2. The molecule has 1 aliphatic rings. The molecule has 0 radical (unpaired) electrons. The van der Waals surface area contributed by atoms with Crippen LogP contribution in [0.15, 0.2) is 97.1 Å². The molecule has 5 rings (SSSR count). The molecule has 158 valence electrons. The lowest BCUT2D eigenvalue weighted by molar-refractivity contribution is -0.126. The summed E-state index contributed by atoms with van der Waals surface area (Å²) in [5, 5.41) is 5.30. The molecule has 4 aromatic rings. The normalized spacial score (nSPS) is 16.1. The van der Waals surface area contributed by atoms with Crippen molar-refractivity contribution in [2.24, 2.45) is 0 Å². The van der Waals surface area contributed by atoms with Crippen LogP contribution in [0.3, 0.4) is 0 Å². The average molecular weight is 421 g/mol. The van der Waals surface area contributed by atoms with Crippen LogP contribution in [0.25, 0.3) is 10.8 Å². The lowest BCUT2D eigenvalue weighted by atomic mass is 10.00. The molecule has 1 aliphatic heterocycles. The number of rotatable bonds is 5. The molecule has 1 heterocycles. The Bertz CT molecular complexity index is 1300. The van der Waals surface area contributed by atoms with Gasteiger partial charge >= 0.3 is 0 Å². The van der Waals surface area contributed by atoms with Crippen LogP contribution < -0.4 is 5.32 Å². The molecule has 4 nitrogen and oxygen atoms in total. The van der Waals surface area contributed by atoms with E-state index in [1.807, 2.05) is 79.7 Å². The third-order valence-electron chi connectivity index (χ3n) is 6.23. The van der Waals surface area contributed by atoms with E-state index in [2.05, 4.69) is 29.6 Å². The van der Waals surface area contributed by atoms with Gasteiger partial charge in [0.25, 0.3) is 5.91 Å². The Kier molecular flexibility index (Phi) is 5.20. The highest BCUT2D eigenvalue weighted by Gasteiger charge is 2.43. The number of carbonyl (C=O) groups is 2. The standard InChI is InChI=1S/C28H24N2O2/c1-19(22-16-15-21-11-5-6-12-23(21)17-22)30-26(24-13-7-8-14-25(24)28(30)32)27(31)29-18-20-9-3-2-4-10-20/h2-17,19,26H,18H2,1H3,(H,29,31). The van der Waals surface area contributed by atoms with E-state index in [0.717, 1.165) is 27.5 Å². The van der Waals surface area contributed by atoms with Gasteiger partial charge in [0.15, 0.2) is 0 Å². The van der Waals surface area contributed by atoms with Crippen LogP contribution in [0.4, 0.5) is 0 Å². The Balaban J connectivity index is 1.48. The molecule has 4 heteroatoms. The van der Waals surface area contributed by atoms with E-state index in [1.54, 1.807) is 4.90 Å². The Morgan fingerprint density at radius 3 is 2.38 bits per heavy atom. The molecule has 32 heavy (non-hydrogen) atoms. The maximum atomic E-state index is 13.4. The van der Waals surface area contributed by atoms with Gasteiger partial charge in [-0.15, -0.1) is 0 Å². The van der Waals surface area contributed by atoms with Crippen LogP contribution in [0, 0.1) is 0 Å². The van der Waals surface area contributed by atoms with Crippen LogP contribution >= 0.6 is 0 Å². The topological polar surface area (TPSA) is 49.4 Å². The van der Waals surface area contributed by atoms with Gasteiger partial charge in [0.1, 0.15) is 6.04 Å². The van der Waals surface area contributed by atoms with Crippen molar-refractivity contribution in [3.05, 3.63) is 119 Å². The third kappa shape index (κ3) is 3.54. The second kappa shape index (κ2) is 8.31. The van der Waals surface area contributed by atoms with Gasteiger partial charge in [0.2, 0.25) is 5.91 Å². The maximum Gasteiger partial charge on any atom is 0.255 e. The number of fused-ring (bicyclic) bond motifs is 2. The van der Waals surface area contributed by atoms with Crippen LogP contribution in [0.5, 0.6) is 0 Å². The second-order valence-corrected chi connectivity index (χ2v) is 8.19. The lowest BCUT2D eigenvalue weighted by Gasteiger charge is -2.31. The number of benzene rings is 4. The van der Waals surface area contributed by atoms with Crippen LogP contribution in [-0.2, 0) is 11.3 Å². The van der Waals surface area contributed by atoms with Crippen molar-refractivity contribution in [3.8, 4) is 0 Å². The summed E-state index contributed by atoms with van der Waals surface area (Å²) in [4.78, 5) is 28.5. The van der Waals surface area contributed by atoms with Gasteiger partial charge in [-0.3, -0.25) is 9.59 Å². The van der Waals surface area contributed by atoms with Crippen molar-refractivity contribution in [3.63, 3.8) is 0 Å². The smallest absolute Gasteiger partial charge is 0.255 e. The first-order chi connectivity index (χ1) is 15.6. The van der Waals surface area contributed by atoms with Crippen LogP contribution in [-0.4, -0.2) is 16.7 Å². The summed E-state index contributed by atoms with van der Waals surface area (Å²) in [5.74, 6) is -0.277. The van der Waals surface area contributed by atoms with Gasteiger partial charge in [-0.1, -0.05) is 84.9 Å². The SMILES string of the molecule is CC(c1ccc2ccccc2c1)N1C(=O)c2ccccc2C1C(=O)NCc1ccccc1. The van der Waals surface area contributed by atoms with Crippen LogP contribution in [0.2, 0.25) is 0 Å². The van der Waals surface area contributed by atoms with Gasteiger partial charge in [0.05, 0.1) is 6.04 Å². The summed E-state index contributed by atoms with van der Waals surface area (Å²) >= 11 is 0. The lowest BCUT2D eigenvalue weighted by Crippen LogP contribution is -2.40. The Hall–Kier alpha value is -3.92. The van der Waals surface area contributed by atoms with E-state index in [4.69, 9.17) is 0 Å². The van der Waals surface area contributed by atoms with Crippen molar-refractivity contribution in [2.75, 3.05) is 0 Å². The van der Waals surface area contributed by atoms with Crippen molar-refractivity contribution < 1.29 is 9.59 Å². The Morgan fingerprint density at radius 1 is 0.875 bits per heavy atom. The van der Waals surface area contributed by atoms with Gasteiger partial charge in [0, 0.05) is 12.1 Å². The van der Waals surface area contributed by atoms with E-state index >= 15 is 0 Å². The average Bonchev–Trinajstić information content (AvgIpc) is 3.15. The second-order valence-electron chi connectivity index (χ2n) is 8.19. The summed E-state index contributed by atoms with van der Waals surface area (Å²) in [5.41, 5.74) is 3.38. The molecular weight excluding hydrogens is 396 g/mol. The number of nitrogens with one attached hydrogen (secondary N) is 1. The fourth-order valence-electron chi connectivity index (χ4n) is 4.51. The van der Waals surface area contributed by atoms with E-state index in [0.29, 0.717) is 12.1 Å². The van der Waals surface area contributed by atoms with Gasteiger partial charge in [-0.05, 0) is 46.5 Å². The molecule has 4 aromatic carbocycles.